The van der Waals surface area contributed by atoms with Crippen LogP contribution in [0.25, 0.3) is 0 Å². The lowest BCUT2D eigenvalue weighted by Gasteiger charge is -2.57. The number of rotatable bonds is 16. The number of tetrazole rings is 2. The number of nitrogens with zero attached hydrogens (tertiary/aromatic N) is 13. The Labute approximate surface area is 698 Å². The van der Waals surface area contributed by atoms with E-state index < -0.39 is 22.4 Å². The highest BCUT2D eigenvalue weighted by Crippen LogP contribution is 2.70. The second-order valence-corrected chi connectivity index (χ2v) is 44.2. The molecule has 16 aliphatic carbocycles. The fraction of sp³-hybridized carbons (Fsp3) is 0.885. The normalized spacial score (nSPS) is 46.3. The number of fused-ring (bicyclic) bond motifs is 20. The first kappa shape index (κ1) is 84.2. The second kappa shape index (κ2) is 33.2. The van der Waals surface area contributed by atoms with Crippen LogP contribution in [0.2, 0.25) is 0 Å². The van der Waals surface area contributed by atoms with E-state index in [0.29, 0.717) is 60.5 Å². The summed E-state index contributed by atoms with van der Waals surface area (Å²) in [6.45, 7) is 21.5. The molecule has 117 heavy (non-hydrogen) atoms. The van der Waals surface area contributed by atoms with Crippen LogP contribution in [0.1, 0.15) is 318 Å². The second-order valence-electron chi connectivity index (χ2n) is 44.2. The molecule has 0 amide bonds. The number of aryl methyl sites for hydroxylation is 1. The average molecular weight is 1610 g/mol. The Hall–Kier alpha value is -4.99. The molecule has 0 saturated heterocycles. The van der Waals surface area contributed by atoms with Gasteiger partial charge in [0, 0.05) is 36.1 Å². The van der Waals surface area contributed by atoms with Gasteiger partial charge in [0.2, 0.25) is 0 Å². The van der Waals surface area contributed by atoms with Crippen molar-refractivity contribution in [1.82, 2.24) is 65.2 Å². The van der Waals surface area contributed by atoms with Gasteiger partial charge in [0.15, 0.2) is 29.5 Å². The van der Waals surface area contributed by atoms with Crippen LogP contribution in [0.5, 0.6) is 0 Å². The molecule has 4 aromatic heterocycles. The summed E-state index contributed by atoms with van der Waals surface area (Å²) in [5.74, 6) is 18.2. The fourth-order valence-corrected chi connectivity index (χ4v) is 33.7. The number of aromatic nitrogens is 13. The Balaban J connectivity index is 0.000000112. The zero-order chi connectivity index (χ0) is 81.8. The first-order valence-electron chi connectivity index (χ1n) is 48.4. The molecule has 0 bridgehead atoms. The zero-order valence-electron chi connectivity index (χ0n) is 73.2. The monoisotopic (exact) mass is 1610 g/mol. The van der Waals surface area contributed by atoms with Crippen molar-refractivity contribution in [3.05, 3.63) is 43.0 Å². The van der Waals surface area contributed by atoms with E-state index in [0.717, 1.165) is 209 Å². The molecular weight excluding hydrogens is 1460 g/mol. The minimum Gasteiger partial charge on any atom is -0.390 e. The van der Waals surface area contributed by atoms with Crippen molar-refractivity contribution in [2.75, 3.05) is 0 Å². The first-order valence-corrected chi connectivity index (χ1v) is 48.4. The molecular formula is C96H149N13O8. The topological polar surface area (TPSA) is 285 Å². The number of carbonyl (C=O) groups excluding carboxylic acids is 4. The predicted octanol–water partition coefficient (Wildman–Crippen LogP) is 16.7. The summed E-state index contributed by atoms with van der Waals surface area (Å²) in [5, 5.41) is 79.3. The molecule has 16 aliphatic rings. The number of carbonyl (C=O) groups is 4. The van der Waals surface area contributed by atoms with Gasteiger partial charge >= 0.3 is 0 Å². The van der Waals surface area contributed by atoms with E-state index in [2.05, 4.69) is 102 Å². The van der Waals surface area contributed by atoms with Gasteiger partial charge in [-0.3, -0.25) is 23.9 Å². The van der Waals surface area contributed by atoms with Gasteiger partial charge in [-0.05, 0) is 425 Å². The van der Waals surface area contributed by atoms with Crippen LogP contribution in [0.3, 0.4) is 0 Å². The lowest BCUT2D eigenvalue weighted by molar-refractivity contribution is -0.134. The molecule has 0 spiro atoms. The molecule has 32 atom stereocenters. The van der Waals surface area contributed by atoms with Gasteiger partial charge in [-0.1, -0.05) is 55.4 Å². The van der Waals surface area contributed by atoms with Gasteiger partial charge in [0.1, 0.15) is 25.5 Å². The highest BCUT2D eigenvalue weighted by atomic mass is 16.3. The van der Waals surface area contributed by atoms with Crippen LogP contribution in [0.15, 0.2) is 37.2 Å². The fourth-order valence-electron chi connectivity index (χ4n) is 33.7. The molecule has 16 fully saturated rings. The number of aliphatic hydroxyl groups is 4. The van der Waals surface area contributed by atoms with E-state index >= 15 is 0 Å². The number of hydrogen-bond donors (Lipinski definition) is 4. The summed E-state index contributed by atoms with van der Waals surface area (Å²) in [5.41, 5.74) is -0.963. The van der Waals surface area contributed by atoms with Crippen LogP contribution >= 0.6 is 0 Å². The summed E-state index contributed by atoms with van der Waals surface area (Å²) < 4.78 is 3.46. The largest absolute Gasteiger partial charge is 0.390 e. The Morgan fingerprint density at radius 2 is 0.692 bits per heavy atom. The van der Waals surface area contributed by atoms with Gasteiger partial charge < -0.3 is 20.4 Å². The molecule has 0 unspecified atom stereocenters. The van der Waals surface area contributed by atoms with Gasteiger partial charge in [-0.2, -0.15) is 24.9 Å². The minimum atomic E-state index is -0.406. The minimum absolute atomic E-state index is 0.143. The van der Waals surface area contributed by atoms with E-state index in [1.54, 1.807) is 32.8 Å². The molecule has 20 rings (SSSR count). The molecule has 0 aliphatic heterocycles. The highest BCUT2D eigenvalue weighted by molar-refractivity contribution is 5.83. The molecule has 0 radical (unpaired) electrons. The van der Waals surface area contributed by atoms with Gasteiger partial charge in [-0.15, -0.1) is 15.3 Å². The van der Waals surface area contributed by atoms with E-state index in [1.165, 1.54) is 165 Å². The molecule has 0 aromatic carbocycles. The summed E-state index contributed by atoms with van der Waals surface area (Å²) >= 11 is 0. The molecule has 21 heteroatoms. The summed E-state index contributed by atoms with van der Waals surface area (Å²) in [6, 6.07) is 1.90. The maximum Gasteiger partial charge on any atom is 0.162 e. The van der Waals surface area contributed by atoms with Crippen LogP contribution in [0, 0.1) is 171 Å². The Kier molecular flexibility index (Phi) is 23.9. The highest BCUT2D eigenvalue weighted by Gasteiger charge is 2.65. The third-order valence-electron chi connectivity index (χ3n) is 39.9. The van der Waals surface area contributed by atoms with E-state index in [-0.39, 0.29) is 51.9 Å². The summed E-state index contributed by atoms with van der Waals surface area (Å²) in [6.07, 6.45) is 54.3. The van der Waals surface area contributed by atoms with Crippen LogP contribution < -0.4 is 0 Å². The van der Waals surface area contributed by atoms with Crippen molar-refractivity contribution in [2.45, 2.75) is 368 Å². The lowest BCUT2D eigenvalue weighted by Crippen LogP contribution is -2.51. The molecule has 16 saturated carbocycles. The Bertz CT molecular complexity index is 3780. The predicted molar refractivity (Wildman–Crippen MR) is 446 cm³/mol. The zero-order valence-corrected chi connectivity index (χ0v) is 73.2. The van der Waals surface area contributed by atoms with E-state index in [1.807, 2.05) is 19.2 Å². The van der Waals surface area contributed by atoms with Gasteiger partial charge in [0.25, 0.3) is 0 Å². The molecule has 4 heterocycles. The molecule has 4 aromatic rings. The maximum atomic E-state index is 13.3. The summed E-state index contributed by atoms with van der Waals surface area (Å²) in [7, 11) is 0. The number of hydrogen-bond acceptors (Lipinski definition) is 17. The van der Waals surface area contributed by atoms with Gasteiger partial charge in [-0.25, -0.2) is 4.68 Å². The van der Waals surface area contributed by atoms with Crippen molar-refractivity contribution >= 4 is 23.1 Å². The maximum absolute atomic E-state index is 13.3. The van der Waals surface area contributed by atoms with Crippen molar-refractivity contribution in [2.24, 2.45) is 164 Å². The standard InChI is InChI=1S/C25H38N2O2.C24H38N4O2.C24H37N3O2.C23H36N4O2/c1-3-25(29)12-10-18-17(15-25)5-6-20-19(18)9-11-24(2)21(20)7-8-22(24)23(28)16-27-14-4-13-26-27;1-4-24(30)12-10-17-16(13-24)5-6-19-18(17)9-11-23(3)20(19)7-8-21(23)22(29)14-28-15(2)25-26-27-28;1-3-24(29)11-9-17-16(14-24)4-5-19-18(17)8-10-23(2)20(19)6-7-21(23)22(28)15-27-25-12-13-26-27;1-3-23(29)11-9-16-15(12-23)4-5-18-17(16)8-10-22(2)19(18)6-7-20(22)21(28)13-27-25-14-24-26-27/h4,13-14,17-22,29H,3,5-12,15-16H2,1-2H3;16-21,30H,4-14H2,1-3H3;12-13,16-21,29H,3-11,14-15H2,1-2H3;14-20,29H,3-13H2,1-2H3/t17-,18+,19-,20-,21+,22-,24+,25-;2*16-,17+,18-,19-,20+,21-,23+,24-;15-,16+,17-,18-,19+,20-,22+,23-/m1111/s1. The van der Waals surface area contributed by atoms with Crippen molar-refractivity contribution in [3.8, 4) is 0 Å². The Morgan fingerprint density at radius 3 is 1.00 bits per heavy atom. The SMILES string of the molecule is CC[C@@]1(O)CC[C@H]2[C@H](CC[C@@H]3[C@@H]2CC[C@]2(C)[C@@H](C(=O)Cn4cccn4)CC[C@@H]32)C1.CC[C@@]1(O)CC[C@H]2[C@H](CC[C@@H]3[C@@H]2CC[C@]2(C)[C@@H](C(=O)Cn4nccn4)CC[C@@H]32)C1.CC[C@@]1(O)CC[C@H]2[C@H](CC[C@@H]3[C@@H]2CC[C@]2(C)[C@@H](C(=O)Cn4ncnn4)CC[C@@H]32)C1.CC[C@@]1(O)CC[C@H]2[C@H](CC[C@@H]3[C@@H]2CC[C@]2(C)[C@@H](C(=O)Cn4nnnc4C)CC[C@@H]32)C1. The van der Waals surface area contributed by atoms with Crippen LogP contribution in [-0.4, -0.2) is 131 Å². The molecule has 21 nitrogen and oxygen atoms in total. The quantitative estimate of drug-likeness (QED) is 0.0811. The third-order valence-corrected chi connectivity index (χ3v) is 39.9. The lowest BCUT2D eigenvalue weighted by atomic mass is 9.48. The van der Waals surface area contributed by atoms with Crippen LogP contribution in [0.4, 0.5) is 0 Å². The molecule has 4 N–H and O–H groups in total. The smallest absolute Gasteiger partial charge is 0.162 e. The van der Waals surface area contributed by atoms with Crippen LogP contribution in [-0.2, 0) is 45.4 Å². The van der Waals surface area contributed by atoms with E-state index in [4.69, 9.17) is 0 Å². The summed E-state index contributed by atoms with van der Waals surface area (Å²) in [4.78, 5) is 55.7. The van der Waals surface area contributed by atoms with Crippen molar-refractivity contribution < 1.29 is 39.6 Å². The van der Waals surface area contributed by atoms with Crippen molar-refractivity contribution in [1.29, 1.82) is 0 Å². The average Bonchev–Trinajstić information content (AvgIpc) is 1.70. The van der Waals surface area contributed by atoms with E-state index in [9.17, 15) is 39.6 Å². The third kappa shape index (κ3) is 15.7. The Morgan fingerprint density at radius 1 is 0.359 bits per heavy atom. The van der Waals surface area contributed by atoms with Gasteiger partial charge in [0.05, 0.1) is 41.3 Å². The van der Waals surface area contributed by atoms with Crippen molar-refractivity contribution in [3.63, 3.8) is 0 Å². The number of Topliss-reactive ketones (excluding diaryl/α,β-unsaturated/α-hetero) is 4. The molecule has 646 valence electrons. The number of ketones is 4. The first-order chi connectivity index (χ1) is 56.1.